The van der Waals surface area contributed by atoms with Gasteiger partial charge < -0.3 is 14.6 Å². The molecule has 0 radical (unpaired) electrons. The molecule has 0 saturated heterocycles. The van der Waals surface area contributed by atoms with Crippen LogP contribution in [-0.2, 0) is 23.1 Å². The maximum absolute atomic E-state index is 14.3. The molecular weight excluding hydrogens is 508 g/mol. The van der Waals surface area contributed by atoms with E-state index in [1.165, 1.54) is 7.11 Å². The Morgan fingerprint density at radius 3 is 2.65 bits per heavy atom. The number of dihydropyridines is 1. The van der Waals surface area contributed by atoms with Crippen molar-refractivity contribution in [3.05, 3.63) is 94.6 Å². The monoisotopic (exact) mass is 542 g/mol. The molecular formula is C29H34N8O3. The maximum Gasteiger partial charge on any atom is 0.341 e. The Morgan fingerprint density at radius 2 is 1.98 bits per heavy atom. The van der Waals surface area contributed by atoms with Gasteiger partial charge in [-0.3, -0.25) is 9.13 Å². The average Bonchev–Trinajstić information content (AvgIpc) is 3.72. The van der Waals surface area contributed by atoms with Crippen molar-refractivity contribution in [2.45, 2.75) is 58.0 Å². The lowest BCUT2D eigenvalue weighted by Gasteiger charge is -2.31. The normalized spacial score (nSPS) is 14.0. The molecule has 0 atom stereocenters. The van der Waals surface area contributed by atoms with E-state index >= 15 is 0 Å². The first-order valence-electron chi connectivity index (χ1n) is 13.4. The Kier molecular flexibility index (Phi) is 7.54. The van der Waals surface area contributed by atoms with E-state index in [1.807, 2.05) is 72.0 Å². The number of aryl methyl sites for hydroxylation is 1. The summed E-state index contributed by atoms with van der Waals surface area (Å²) in [7, 11) is 1.35. The number of nitrogens with zero attached hydrogens (tertiary/aromatic N) is 6. The number of ether oxygens (including phenoxy) is 1. The molecule has 11 heteroatoms. The van der Waals surface area contributed by atoms with Crippen LogP contribution in [0.5, 0.6) is 0 Å². The Bertz CT molecular complexity index is 1590. The number of carbonyl (C=O) groups excluding carboxylic acids is 1. The Hall–Kier alpha value is -4.67. The predicted octanol–water partition coefficient (Wildman–Crippen LogP) is 3.90. The van der Waals surface area contributed by atoms with Crippen molar-refractivity contribution in [1.29, 1.82) is 0 Å². The van der Waals surface area contributed by atoms with Crippen LogP contribution in [0.4, 0.5) is 0 Å². The second-order valence-electron chi connectivity index (χ2n) is 10.2. The second-order valence-corrected chi connectivity index (χ2v) is 10.2. The number of hydrogen-bond donors (Lipinski definition) is 2. The summed E-state index contributed by atoms with van der Waals surface area (Å²) < 4.78 is 10.4. The van der Waals surface area contributed by atoms with Gasteiger partial charge in [-0.15, -0.1) is 5.10 Å². The van der Waals surface area contributed by atoms with Gasteiger partial charge in [-0.2, -0.15) is 0 Å². The van der Waals surface area contributed by atoms with Crippen LogP contribution in [0.15, 0.2) is 72.1 Å². The molecule has 1 aliphatic rings. The lowest BCUT2D eigenvalue weighted by molar-refractivity contribution is 0.0600. The van der Waals surface area contributed by atoms with Crippen molar-refractivity contribution < 1.29 is 9.53 Å². The number of rotatable bonds is 10. The molecule has 4 heterocycles. The van der Waals surface area contributed by atoms with Gasteiger partial charge in [0.2, 0.25) is 0 Å². The van der Waals surface area contributed by atoms with Gasteiger partial charge >= 0.3 is 11.7 Å². The van der Waals surface area contributed by atoms with Crippen molar-refractivity contribution in [1.82, 2.24) is 39.6 Å². The molecule has 0 aliphatic carbocycles. The number of unbranched alkanes of at least 4 members (excludes halogenated alkanes) is 1. The van der Waals surface area contributed by atoms with Crippen LogP contribution in [0.3, 0.4) is 0 Å². The molecule has 5 rings (SSSR count). The van der Waals surface area contributed by atoms with Crippen molar-refractivity contribution in [2.24, 2.45) is 0 Å². The fourth-order valence-electron chi connectivity index (χ4n) is 5.18. The average molecular weight is 543 g/mol. The SMILES string of the molecule is CCCCc1cn(-c2c(C(=O)OC)ccn2C(C)C)c(=O)n1CC1(c2cccc(-c3nnn[nH]3)c2)C=CNC=C1. The van der Waals surface area contributed by atoms with Gasteiger partial charge in [0.1, 0.15) is 11.4 Å². The number of hydrogen-bond acceptors (Lipinski definition) is 7. The summed E-state index contributed by atoms with van der Waals surface area (Å²) in [6, 6.07) is 9.72. The zero-order valence-electron chi connectivity index (χ0n) is 23.2. The Morgan fingerprint density at radius 1 is 1.18 bits per heavy atom. The number of aromatic nitrogens is 7. The van der Waals surface area contributed by atoms with E-state index in [0.29, 0.717) is 23.8 Å². The fraction of sp³-hybridized carbons (Fsp3) is 0.345. The molecule has 11 nitrogen and oxygen atoms in total. The quantitative estimate of drug-likeness (QED) is 0.291. The van der Waals surface area contributed by atoms with Crippen LogP contribution in [0.25, 0.3) is 17.2 Å². The third-order valence-electron chi connectivity index (χ3n) is 7.32. The molecule has 208 valence electrons. The van der Waals surface area contributed by atoms with Crippen LogP contribution in [0.1, 0.15) is 61.3 Å². The zero-order valence-corrected chi connectivity index (χ0v) is 23.2. The highest BCUT2D eigenvalue weighted by molar-refractivity contribution is 5.93. The van der Waals surface area contributed by atoms with Gasteiger partial charge in [0.05, 0.1) is 12.5 Å². The molecule has 4 aromatic rings. The molecule has 0 fully saturated rings. The lowest BCUT2D eigenvalue weighted by Crippen LogP contribution is -2.36. The minimum atomic E-state index is -0.628. The zero-order chi connectivity index (χ0) is 28.3. The summed E-state index contributed by atoms with van der Waals surface area (Å²) in [4.78, 5) is 27.0. The summed E-state index contributed by atoms with van der Waals surface area (Å²) in [5.41, 5.74) is 2.23. The van der Waals surface area contributed by atoms with E-state index in [2.05, 4.69) is 45.0 Å². The highest BCUT2D eigenvalue weighted by Crippen LogP contribution is 2.34. The number of carbonyl (C=O) groups is 1. The van der Waals surface area contributed by atoms with Crippen molar-refractivity contribution in [3.63, 3.8) is 0 Å². The summed E-state index contributed by atoms with van der Waals surface area (Å²) >= 11 is 0. The fourth-order valence-corrected chi connectivity index (χ4v) is 5.18. The maximum atomic E-state index is 14.3. The van der Waals surface area contributed by atoms with E-state index in [1.54, 1.807) is 10.6 Å². The van der Waals surface area contributed by atoms with E-state index in [0.717, 1.165) is 36.1 Å². The summed E-state index contributed by atoms with van der Waals surface area (Å²) in [6.45, 7) is 6.52. The van der Waals surface area contributed by atoms with Gasteiger partial charge in [0.15, 0.2) is 5.82 Å². The first-order valence-corrected chi connectivity index (χ1v) is 13.4. The third-order valence-corrected chi connectivity index (χ3v) is 7.32. The number of allylic oxidation sites excluding steroid dienone is 2. The summed E-state index contributed by atoms with van der Waals surface area (Å²) in [5, 5.41) is 17.4. The summed E-state index contributed by atoms with van der Waals surface area (Å²) in [6.07, 6.45) is 14.2. The highest BCUT2D eigenvalue weighted by Gasteiger charge is 2.32. The highest BCUT2D eigenvalue weighted by atomic mass is 16.5. The van der Waals surface area contributed by atoms with Crippen LogP contribution >= 0.6 is 0 Å². The van der Waals surface area contributed by atoms with Gasteiger partial charge in [-0.05, 0) is 67.2 Å². The number of aromatic amines is 1. The van der Waals surface area contributed by atoms with Gasteiger partial charge in [-0.1, -0.05) is 43.7 Å². The van der Waals surface area contributed by atoms with Crippen LogP contribution < -0.4 is 11.0 Å². The summed E-state index contributed by atoms with van der Waals surface area (Å²) in [5.74, 6) is 0.591. The van der Waals surface area contributed by atoms with E-state index in [-0.39, 0.29) is 11.7 Å². The van der Waals surface area contributed by atoms with Gasteiger partial charge in [0, 0.05) is 36.2 Å². The number of methoxy groups -OCH3 is 1. The van der Waals surface area contributed by atoms with Gasteiger partial charge in [0.25, 0.3) is 0 Å². The number of esters is 1. The van der Waals surface area contributed by atoms with Crippen molar-refractivity contribution in [2.75, 3.05) is 7.11 Å². The molecule has 0 unspecified atom stereocenters. The molecule has 3 aromatic heterocycles. The third kappa shape index (κ3) is 4.90. The Balaban J connectivity index is 1.66. The van der Waals surface area contributed by atoms with E-state index < -0.39 is 11.4 Å². The second kappa shape index (κ2) is 11.2. The molecule has 0 bridgehead atoms. The molecule has 1 aromatic carbocycles. The van der Waals surface area contributed by atoms with Crippen molar-refractivity contribution >= 4 is 5.97 Å². The number of tetrazole rings is 1. The first-order chi connectivity index (χ1) is 19.4. The minimum Gasteiger partial charge on any atom is -0.465 e. The van der Waals surface area contributed by atoms with E-state index in [9.17, 15) is 9.59 Å². The first kappa shape index (κ1) is 26.9. The van der Waals surface area contributed by atoms with Crippen LogP contribution in [-0.4, -0.2) is 47.4 Å². The van der Waals surface area contributed by atoms with Crippen LogP contribution in [0.2, 0.25) is 0 Å². The molecule has 0 spiro atoms. The number of nitrogens with one attached hydrogen (secondary N) is 2. The van der Waals surface area contributed by atoms with E-state index in [4.69, 9.17) is 4.74 Å². The van der Waals surface area contributed by atoms with Crippen LogP contribution in [0, 0.1) is 0 Å². The largest absolute Gasteiger partial charge is 0.465 e. The lowest BCUT2D eigenvalue weighted by atomic mass is 9.78. The molecule has 0 amide bonds. The number of H-pyrrole nitrogens is 1. The smallest absolute Gasteiger partial charge is 0.341 e. The topological polar surface area (TPSA) is 125 Å². The minimum absolute atomic E-state index is 0.0256. The predicted molar refractivity (Wildman–Crippen MR) is 151 cm³/mol. The molecule has 1 aliphatic heterocycles. The molecule has 2 N–H and O–H groups in total. The van der Waals surface area contributed by atoms with Crippen molar-refractivity contribution in [3.8, 4) is 17.2 Å². The number of benzene rings is 1. The Labute approximate surface area is 232 Å². The van der Waals surface area contributed by atoms with Gasteiger partial charge in [-0.25, -0.2) is 14.7 Å². The standard InChI is InChI=1S/C29H34N8O3/c1-5-6-10-23-18-36(26-24(27(38)40-4)11-16-35(26)20(2)3)28(39)37(23)19-29(12-14-30-15-13-29)22-9-7-8-21(17-22)25-31-33-34-32-25/h7-9,11-18,20,30H,5-6,10,19H2,1-4H3,(H,31,32,33,34). The molecule has 0 saturated carbocycles. The molecule has 40 heavy (non-hydrogen) atoms. The number of imidazole rings is 1.